The second-order valence-corrected chi connectivity index (χ2v) is 13.1. The lowest BCUT2D eigenvalue weighted by Gasteiger charge is -2.46. The van der Waals surface area contributed by atoms with Gasteiger partial charge in [0.2, 0.25) is 0 Å². The summed E-state index contributed by atoms with van der Waals surface area (Å²) in [5.74, 6) is 0. The molecule has 0 aromatic heterocycles. The summed E-state index contributed by atoms with van der Waals surface area (Å²) in [6, 6.07) is 47.3. The minimum atomic E-state index is -0.508. The van der Waals surface area contributed by atoms with E-state index in [4.69, 9.17) is 28.4 Å². The van der Waals surface area contributed by atoms with Crippen molar-refractivity contribution in [2.75, 3.05) is 13.7 Å². The molecule has 1 fully saturated rings. The van der Waals surface area contributed by atoms with Crippen molar-refractivity contribution in [3.05, 3.63) is 178 Å². The molecule has 50 heavy (non-hydrogen) atoms. The first-order chi connectivity index (χ1) is 24.7. The maximum atomic E-state index is 7.12. The molecular formula is C43H45BrO6. The van der Waals surface area contributed by atoms with Gasteiger partial charge in [-0.1, -0.05) is 155 Å². The number of hydrogen-bond donors (Lipinski definition) is 0. The van der Waals surface area contributed by atoms with Crippen LogP contribution in [0, 0.1) is 0 Å². The fourth-order valence-electron chi connectivity index (χ4n) is 6.34. The van der Waals surface area contributed by atoms with Gasteiger partial charge in [-0.25, -0.2) is 0 Å². The van der Waals surface area contributed by atoms with Gasteiger partial charge in [-0.3, -0.25) is 0 Å². The smallest absolute Gasteiger partial charge is 0.117 e. The van der Waals surface area contributed by atoms with Gasteiger partial charge in [0.15, 0.2) is 0 Å². The average molecular weight is 738 g/mol. The molecule has 6 nitrogen and oxygen atoms in total. The molecule has 0 N–H and O–H groups in total. The van der Waals surface area contributed by atoms with E-state index in [1.54, 1.807) is 7.11 Å². The summed E-state index contributed by atoms with van der Waals surface area (Å²) in [7, 11) is 1.71. The SMILES string of the molecule is COCc1cc(CBr)cc([C@@H]2O[C@H](COCc3ccccc3)[C@@H](OCc3ccccc3)[C@H](OCc3ccccc3)[C@H]2OCc2ccccc2)c1. The number of methoxy groups -OCH3 is 1. The second-order valence-electron chi connectivity index (χ2n) is 12.5. The van der Waals surface area contributed by atoms with Gasteiger partial charge in [0, 0.05) is 12.4 Å². The Morgan fingerprint density at radius 2 is 0.960 bits per heavy atom. The Kier molecular flexibility index (Phi) is 13.8. The van der Waals surface area contributed by atoms with Crippen molar-refractivity contribution < 1.29 is 28.4 Å². The van der Waals surface area contributed by atoms with Crippen molar-refractivity contribution in [2.45, 2.75) is 68.9 Å². The van der Waals surface area contributed by atoms with Crippen LogP contribution >= 0.6 is 15.9 Å². The maximum absolute atomic E-state index is 7.12. The molecule has 1 aliphatic rings. The summed E-state index contributed by atoms with van der Waals surface area (Å²) in [6.45, 7) is 2.42. The van der Waals surface area contributed by atoms with E-state index in [0.29, 0.717) is 45.0 Å². The first-order valence-electron chi connectivity index (χ1n) is 17.1. The van der Waals surface area contributed by atoms with Crippen LogP contribution in [0.2, 0.25) is 0 Å². The standard InChI is InChI=1S/C43H45BrO6/c1-45-26-37-22-36(25-44)23-38(24-37)40-42(48-29-34-18-10-4-11-19-34)43(49-30-35-20-12-5-13-21-35)41(47-28-33-16-8-3-9-17-33)39(50-40)31-46-27-32-14-6-2-7-15-32/h2-24,39-43H,25-31H2,1H3/t39-,40+,41-,42+,43+/m1/s1. The molecule has 7 heteroatoms. The Morgan fingerprint density at radius 1 is 0.500 bits per heavy atom. The average Bonchev–Trinajstić information content (AvgIpc) is 3.17. The first-order valence-corrected chi connectivity index (χ1v) is 18.2. The van der Waals surface area contributed by atoms with Gasteiger partial charge in [-0.15, -0.1) is 0 Å². The molecule has 1 heterocycles. The van der Waals surface area contributed by atoms with Crippen LogP contribution in [0.4, 0.5) is 0 Å². The number of benzene rings is 5. The van der Waals surface area contributed by atoms with Crippen LogP contribution in [-0.2, 0) is 66.8 Å². The number of hydrogen-bond acceptors (Lipinski definition) is 6. The Balaban J connectivity index is 1.38. The summed E-state index contributed by atoms with van der Waals surface area (Å²) in [5, 5.41) is 0.695. The van der Waals surface area contributed by atoms with E-state index >= 15 is 0 Å². The van der Waals surface area contributed by atoms with Crippen LogP contribution in [0.25, 0.3) is 0 Å². The topological polar surface area (TPSA) is 55.4 Å². The van der Waals surface area contributed by atoms with E-state index in [9.17, 15) is 0 Å². The first kappa shape index (κ1) is 36.1. The Morgan fingerprint density at radius 3 is 1.46 bits per heavy atom. The van der Waals surface area contributed by atoms with Crippen LogP contribution in [0.1, 0.15) is 45.0 Å². The fourth-order valence-corrected chi connectivity index (χ4v) is 6.66. The van der Waals surface area contributed by atoms with E-state index in [-0.39, 0.29) is 0 Å². The van der Waals surface area contributed by atoms with Crippen molar-refractivity contribution in [1.29, 1.82) is 0 Å². The van der Waals surface area contributed by atoms with Crippen molar-refractivity contribution in [2.24, 2.45) is 0 Å². The molecule has 6 rings (SSSR count). The third-order valence-corrected chi connectivity index (χ3v) is 9.40. The predicted molar refractivity (Wildman–Crippen MR) is 199 cm³/mol. The Bertz CT molecular complexity index is 1690. The lowest BCUT2D eigenvalue weighted by atomic mass is 9.89. The molecule has 0 unspecified atom stereocenters. The van der Waals surface area contributed by atoms with Crippen LogP contribution < -0.4 is 0 Å². The number of ether oxygens (including phenoxy) is 6. The maximum Gasteiger partial charge on any atom is 0.117 e. The number of alkyl halides is 1. The van der Waals surface area contributed by atoms with Crippen LogP contribution in [-0.4, -0.2) is 38.1 Å². The van der Waals surface area contributed by atoms with E-state index in [1.807, 2.05) is 72.8 Å². The molecule has 0 bridgehead atoms. The molecule has 0 saturated carbocycles. The minimum absolute atomic E-state index is 0.310. The molecule has 0 radical (unpaired) electrons. The summed E-state index contributed by atoms with van der Waals surface area (Å²) in [5.41, 5.74) is 7.48. The quantitative estimate of drug-likeness (QED) is 0.0888. The van der Waals surface area contributed by atoms with E-state index < -0.39 is 30.5 Å². The lowest BCUT2D eigenvalue weighted by Crippen LogP contribution is -2.58. The van der Waals surface area contributed by atoms with Gasteiger partial charge in [0.05, 0.1) is 39.6 Å². The third kappa shape index (κ3) is 10.2. The minimum Gasteiger partial charge on any atom is -0.380 e. The Hall–Kier alpha value is -3.66. The third-order valence-electron chi connectivity index (χ3n) is 8.75. The molecule has 260 valence electrons. The monoisotopic (exact) mass is 736 g/mol. The lowest BCUT2D eigenvalue weighted by molar-refractivity contribution is -0.275. The number of rotatable bonds is 17. The molecule has 0 aliphatic carbocycles. The van der Waals surface area contributed by atoms with Crippen molar-refractivity contribution >= 4 is 15.9 Å². The second kappa shape index (κ2) is 19.1. The van der Waals surface area contributed by atoms with Crippen LogP contribution in [0.3, 0.4) is 0 Å². The van der Waals surface area contributed by atoms with Crippen molar-refractivity contribution in [1.82, 2.24) is 0 Å². The van der Waals surface area contributed by atoms with Gasteiger partial charge < -0.3 is 28.4 Å². The van der Waals surface area contributed by atoms with Crippen molar-refractivity contribution in [3.63, 3.8) is 0 Å². The normalized spacial score (nSPS) is 20.5. The highest BCUT2D eigenvalue weighted by Crippen LogP contribution is 2.39. The molecule has 5 aromatic carbocycles. The summed E-state index contributed by atoms with van der Waals surface area (Å²) in [4.78, 5) is 0. The highest BCUT2D eigenvalue weighted by Gasteiger charge is 2.49. The van der Waals surface area contributed by atoms with Crippen LogP contribution in [0.5, 0.6) is 0 Å². The van der Waals surface area contributed by atoms with E-state index in [2.05, 4.69) is 82.7 Å². The molecule has 0 spiro atoms. The summed E-state index contributed by atoms with van der Waals surface area (Å²) in [6.07, 6.45) is -2.43. The zero-order valence-electron chi connectivity index (χ0n) is 28.4. The summed E-state index contributed by atoms with van der Waals surface area (Å²) < 4.78 is 39.7. The van der Waals surface area contributed by atoms with Gasteiger partial charge in [0.25, 0.3) is 0 Å². The van der Waals surface area contributed by atoms with E-state index in [1.165, 1.54) is 0 Å². The Labute approximate surface area is 304 Å². The number of halogens is 1. The van der Waals surface area contributed by atoms with Crippen LogP contribution in [0.15, 0.2) is 140 Å². The molecule has 0 amide bonds. The van der Waals surface area contributed by atoms with Crippen molar-refractivity contribution in [3.8, 4) is 0 Å². The molecule has 5 atom stereocenters. The van der Waals surface area contributed by atoms with E-state index in [0.717, 1.165) is 38.9 Å². The molecule has 1 saturated heterocycles. The molecule has 1 aliphatic heterocycles. The molecule has 5 aromatic rings. The predicted octanol–water partition coefficient (Wildman–Crippen LogP) is 9.14. The van der Waals surface area contributed by atoms with Gasteiger partial charge in [-0.2, -0.15) is 0 Å². The zero-order chi connectivity index (χ0) is 34.4. The summed E-state index contributed by atoms with van der Waals surface area (Å²) >= 11 is 3.68. The fraction of sp³-hybridized carbons (Fsp3) is 0.302. The van der Waals surface area contributed by atoms with Gasteiger partial charge >= 0.3 is 0 Å². The van der Waals surface area contributed by atoms with Gasteiger partial charge in [-0.05, 0) is 38.9 Å². The zero-order valence-corrected chi connectivity index (χ0v) is 30.0. The highest BCUT2D eigenvalue weighted by molar-refractivity contribution is 9.08. The largest absolute Gasteiger partial charge is 0.380 e. The van der Waals surface area contributed by atoms with Gasteiger partial charge in [0.1, 0.15) is 30.5 Å². The molecular weight excluding hydrogens is 692 g/mol. The highest BCUT2D eigenvalue weighted by atomic mass is 79.9.